The summed E-state index contributed by atoms with van der Waals surface area (Å²) in [7, 11) is 3.00. The highest BCUT2D eigenvalue weighted by Gasteiger charge is 2.41. The molecule has 1 unspecified atom stereocenters. The predicted octanol–water partition coefficient (Wildman–Crippen LogP) is 4.91. The van der Waals surface area contributed by atoms with Gasteiger partial charge in [-0.2, -0.15) is 5.26 Å². The van der Waals surface area contributed by atoms with Gasteiger partial charge in [-0.3, -0.25) is 14.5 Å². The number of nitrogens with one attached hydrogen (secondary N) is 1. The van der Waals surface area contributed by atoms with E-state index in [-0.39, 0.29) is 22.9 Å². The molecule has 2 amide bonds. The van der Waals surface area contributed by atoms with E-state index in [9.17, 15) is 19.2 Å². The number of nitrogens with zero attached hydrogens (tertiary/aromatic N) is 2. The zero-order valence-electron chi connectivity index (χ0n) is 19.5. The van der Waals surface area contributed by atoms with Gasteiger partial charge in [0.15, 0.2) is 0 Å². The summed E-state index contributed by atoms with van der Waals surface area (Å²) in [5.41, 5.74) is 0.964. The van der Waals surface area contributed by atoms with E-state index in [2.05, 4.69) is 5.32 Å². The van der Waals surface area contributed by atoms with Crippen molar-refractivity contribution >= 4 is 35.0 Å². The molecule has 7 nitrogen and oxygen atoms in total. The number of hydrogen-bond donors (Lipinski definition) is 1. The second kappa shape index (κ2) is 11.0. The molecule has 1 N–H and O–H groups in total. The van der Waals surface area contributed by atoms with Crippen molar-refractivity contribution < 1.29 is 23.5 Å². The Morgan fingerprint density at radius 1 is 1.06 bits per heavy atom. The molecule has 1 aliphatic rings. The normalized spacial score (nSPS) is 16.3. The van der Waals surface area contributed by atoms with Crippen LogP contribution < -0.4 is 19.7 Å². The first-order valence-corrected chi connectivity index (χ1v) is 11.8. The molecule has 1 heterocycles. The molecule has 3 aromatic carbocycles. The van der Waals surface area contributed by atoms with E-state index in [1.54, 1.807) is 66.7 Å². The van der Waals surface area contributed by atoms with Crippen LogP contribution in [0.3, 0.4) is 0 Å². The fourth-order valence-corrected chi connectivity index (χ4v) is 5.05. The first kappa shape index (κ1) is 24.8. The van der Waals surface area contributed by atoms with Gasteiger partial charge in [0, 0.05) is 5.69 Å². The molecule has 1 saturated heterocycles. The Kier molecular flexibility index (Phi) is 7.56. The Labute approximate surface area is 212 Å². The van der Waals surface area contributed by atoms with E-state index >= 15 is 0 Å². The number of nitriles is 1. The van der Waals surface area contributed by atoms with Gasteiger partial charge in [0.1, 0.15) is 34.0 Å². The molecule has 0 radical (unpaired) electrons. The summed E-state index contributed by atoms with van der Waals surface area (Å²) in [4.78, 5) is 28.1. The van der Waals surface area contributed by atoms with Crippen LogP contribution in [-0.2, 0) is 16.0 Å². The van der Waals surface area contributed by atoms with Gasteiger partial charge < -0.3 is 14.8 Å². The van der Waals surface area contributed by atoms with E-state index in [1.807, 2.05) is 6.07 Å². The number of methoxy groups -OCH3 is 2. The van der Waals surface area contributed by atoms with E-state index in [0.717, 1.165) is 11.8 Å². The maximum Gasteiger partial charge on any atom is 0.269 e. The van der Waals surface area contributed by atoms with Crippen LogP contribution in [0.25, 0.3) is 0 Å². The minimum absolute atomic E-state index is 0.0964. The number of carbonyl (C=O) groups is 2. The van der Waals surface area contributed by atoms with Crippen LogP contribution in [0, 0.1) is 17.1 Å². The molecule has 0 bridgehead atoms. The Morgan fingerprint density at radius 3 is 2.42 bits per heavy atom. The van der Waals surface area contributed by atoms with Crippen molar-refractivity contribution in [2.75, 3.05) is 24.4 Å². The van der Waals surface area contributed by atoms with Crippen LogP contribution in [0.1, 0.15) is 5.56 Å². The molecule has 36 heavy (non-hydrogen) atoms. The van der Waals surface area contributed by atoms with E-state index in [0.29, 0.717) is 28.4 Å². The molecular formula is C27H22FN3O4S. The molecule has 0 saturated carbocycles. The lowest BCUT2D eigenvalue weighted by atomic mass is 10.1. The minimum Gasteiger partial charge on any atom is -0.497 e. The van der Waals surface area contributed by atoms with Crippen molar-refractivity contribution in [1.29, 1.82) is 5.26 Å². The summed E-state index contributed by atoms with van der Waals surface area (Å²) in [5.74, 6) is -0.467. The van der Waals surface area contributed by atoms with Gasteiger partial charge in [0.05, 0.1) is 25.2 Å². The highest BCUT2D eigenvalue weighted by Crippen LogP contribution is 2.42. The first-order valence-electron chi connectivity index (χ1n) is 10.9. The van der Waals surface area contributed by atoms with Gasteiger partial charge in [-0.25, -0.2) is 4.39 Å². The third-order valence-electron chi connectivity index (χ3n) is 5.55. The number of anilines is 2. The summed E-state index contributed by atoms with van der Waals surface area (Å²) in [5, 5.41) is 12.1. The van der Waals surface area contributed by atoms with Crippen LogP contribution in [-0.4, -0.2) is 31.3 Å². The zero-order valence-corrected chi connectivity index (χ0v) is 20.3. The molecule has 0 aliphatic carbocycles. The Balaban J connectivity index is 1.75. The van der Waals surface area contributed by atoms with E-state index in [1.165, 1.54) is 25.2 Å². The largest absolute Gasteiger partial charge is 0.497 e. The predicted molar refractivity (Wildman–Crippen MR) is 136 cm³/mol. The van der Waals surface area contributed by atoms with Crippen molar-refractivity contribution in [2.45, 2.75) is 11.7 Å². The van der Waals surface area contributed by atoms with Gasteiger partial charge in [-0.15, -0.1) is 0 Å². The van der Waals surface area contributed by atoms with Crippen molar-refractivity contribution in [3.8, 4) is 17.6 Å². The maximum absolute atomic E-state index is 14.3. The summed E-state index contributed by atoms with van der Waals surface area (Å²) < 4.78 is 24.8. The molecule has 182 valence electrons. The maximum atomic E-state index is 14.3. The van der Waals surface area contributed by atoms with Crippen LogP contribution >= 0.6 is 11.8 Å². The SMILES string of the molecule is COc1ccc(N2C(=O)C(Cc3ccccc3F)S/C2=C(/C#N)C(=O)Nc2ccccc2OC)cc1. The second-order valence-corrected chi connectivity index (χ2v) is 8.91. The van der Waals surface area contributed by atoms with Crippen molar-refractivity contribution in [3.05, 3.63) is 94.8 Å². The van der Waals surface area contributed by atoms with Crippen LogP contribution in [0.2, 0.25) is 0 Å². The Morgan fingerprint density at radius 2 is 1.75 bits per heavy atom. The first-order chi connectivity index (χ1) is 17.5. The number of hydrogen-bond acceptors (Lipinski definition) is 6. The Bertz CT molecular complexity index is 1370. The summed E-state index contributed by atoms with van der Waals surface area (Å²) in [6.07, 6.45) is 0.0964. The third-order valence-corrected chi connectivity index (χ3v) is 6.82. The van der Waals surface area contributed by atoms with Crippen LogP contribution in [0.4, 0.5) is 15.8 Å². The number of amides is 2. The number of benzene rings is 3. The lowest BCUT2D eigenvalue weighted by Gasteiger charge is -2.19. The third kappa shape index (κ3) is 5.04. The molecule has 0 aromatic heterocycles. The van der Waals surface area contributed by atoms with Gasteiger partial charge in [-0.05, 0) is 54.4 Å². The highest BCUT2D eigenvalue weighted by atomic mass is 32.2. The fourth-order valence-electron chi connectivity index (χ4n) is 3.75. The topological polar surface area (TPSA) is 91.7 Å². The van der Waals surface area contributed by atoms with Gasteiger partial charge in [0.2, 0.25) is 5.91 Å². The number of carbonyl (C=O) groups excluding carboxylic acids is 2. The number of halogens is 1. The molecule has 0 spiro atoms. The van der Waals surface area contributed by atoms with E-state index in [4.69, 9.17) is 9.47 Å². The summed E-state index contributed by atoms with van der Waals surface area (Å²) in [6.45, 7) is 0. The lowest BCUT2D eigenvalue weighted by molar-refractivity contribution is -0.117. The summed E-state index contributed by atoms with van der Waals surface area (Å²) in [6, 6.07) is 21.6. The number of ether oxygens (including phenoxy) is 2. The highest BCUT2D eigenvalue weighted by molar-refractivity contribution is 8.05. The van der Waals surface area contributed by atoms with Crippen LogP contribution in [0.5, 0.6) is 11.5 Å². The molecule has 9 heteroatoms. The number of thioether (sulfide) groups is 1. The van der Waals surface area contributed by atoms with Crippen molar-refractivity contribution in [1.82, 2.24) is 0 Å². The van der Waals surface area contributed by atoms with Gasteiger partial charge >= 0.3 is 0 Å². The molecule has 3 aromatic rings. The Hall–Kier alpha value is -4.29. The average Bonchev–Trinajstić information content (AvgIpc) is 3.21. The van der Waals surface area contributed by atoms with Crippen molar-refractivity contribution in [3.63, 3.8) is 0 Å². The molecular weight excluding hydrogens is 481 g/mol. The van der Waals surface area contributed by atoms with Crippen LogP contribution in [0.15, 0.2) is 83.4 Å². The smallest absolute Gasteiger partial charge is 0.269 e. The quantitative estimate of drug-likeness (QED) is 0.364. The van der Waals surface area contributed by atoms with Gasteiger partial charge in [-0.1, -0.05) is 42.1 Å². The number of rotatable bonds is 7. The summed E-state index contributed by atoms with van der Waals surface area (Å²) >= 11 is 1.06. The molecule has 1 atom stereocenters. The molecule has 1 aliphatic heterocycles. The zero-order chi connectivity index (χ0) is 25.7. The standard InChI is InChI=1S/C27H22FN3O4S/c1-34-19-13-11-18(12-14-19)31-26(33)24(15-17-7-3-4-8-21(17)28)36-27(31)20(16-29)25(32)30-22-9-5-6-10-23(22)35-2/h3-14,24H,15H2,1-2H3,(H,30,32)/b27-20-. The second-order valence-electron chi connectivity index (χ2n) is 7.72. The fraction of sp³-hybridized carbons (Fsp3) is 0.148. The average molecular weight is 504 g/mol. The van der Waals surface area contributed by atoms with Gasteiger partial charge in [0.25, 0.3) is 5.91 Å². The van der Waals surface area contributed by atoms with E-state index < -0.39 is 17.0 Å². The molecule has 1 fully saturated rings. The lowest BCUT2D eigenvalue weighted by Crippen LogP contribution is -2.31. The monoisotopic (exact) mass is 503 g/mol. The minimum atomic E-state index is -0.735. The molecule has 4 rings (SSSR count). The van der Waals surface area contributed by atoms with Crippen molar-refractivity contribution in [2.24, 2.45) is 0 Å². The number of para-hydroxylation sites is 2.